The van der Waals surface area contributed by atoms with E-state index >= 15 is 0 Å². The first-order chi connectivity index (χ1) is 5.33. The molecule has 0 aliphatic heterocycles. The van der Waals surface area contributed by atoms with Crippen molar-refractivity contribution in [3.63, 3.8) is 0 Å². The lowest BCUT2D eigenvalue weighted by molar-refractivity contribution is 0.240. The highest BCUT2D eigenvalue weighted by atomic mass is 16.2. The van der Waals surface area contributed by atoms with E-state index in [2.05, 4.69) is 10.6 Å². The Kier molecular flexibility index (Phi) is 3.20. The van der Waals surface area contributed by atoms with E-state index in [4.69, 9.17) is 0 Å². The Morgan fingerprint density at radius 3 is 2.73 bits per heavy atom. The van der Waals surface area contributed by atoms with Crippen molar-refractivity contribution < 1.29 is 4.79 Å². The second-order valence-corrected chi connectivity index (χ2v) is 3.08. The maximum atomic E-state index is 10.9. The number of hydrogen-bond donors (Lipinski definition) is 2. The van der Waals surface area contributed by atoms with Gasteiger partial charge in [0.15, 0.2) is 0 Å². The van der Waals surface area contributed by atoms with E-state index in [-0.39, 0.29) is 6.03 Å². The van der Waals surface area contributed by atoms with Gasteiger partial charge in [0.05, 0.1) is 0 Å². The number of rotatable bonds is 4. The van der Waals surface area contributed by atoms with Gasteiger partial charge in [-0.3, -0.25) is 0 Å². The zero-order valence-corrected chi connectivity index (χ0v) is 7.02. The second-order valence-electron chi connectivity index (χ2n) is 3.08. The van der Waals surface area contributed by atoms with Gasteiger partial charge in [-0.2, -0.15) is 0 Å². The molecule has 11 heavy (non-hydrogen) atoms. The standard InChI is InChI=1S/C8H16N2O/c1-2-5-9-8(11)10-6-7-3-4-7/h7H,2-6H2,1H3,(H2,9,10,11). The molecule has 2 N–H and O–H groups in total. The minimum absolute atomic E-state index is 0.0150. The molecule has 1 aliphatic carbocycles. The quantitative estimate of drug-likeness (QED) is 0.629. The van der Waals surface area contributed by atoms with E-state index in [1.54, 1.807) is 0 Å². The molecule has 0 saturated heterocycles. The Balaban J connectivity index is 1.91. The largest absolute Gasteiger partial charge is 0.338 e. The lowest BCUT2D eigenvalue weighted by Crippen LogP contribution is -2.36. The molecule has 1 aliphatic rings. The smallest absolute Gasteiger partial charge is 0.314 e. The molecule has 1 saturated carbocycles. The van der Waals surface area contributed by atoms with Crippen LogP contribution in [0, 0.1) is 5.92 Å². The van der Waals surface area contributed by atoms with Crippen molar-refractivity contribution in [3.05, 3.63) is 0 Å². The summed E-state index contributed by atoms with van der Waals surface area (Å²) < 4.78 is 0. The molecule has 2 amide bonds. The number of hydrogen-bond acceptors (Lipinski definition) is 1. The number of carbonyl (C=O) groups excluding carboxylic acids is 1. The SMILES string of the molecule is CCCNC(=O)NCC1CC1. The molecule has 0 radical (unpaired) electrons. The highest BCUT2D eigenvalue weighted by Gasteiger charge is 2.21. The summed E-state index contributed by atoms with van der Waals surface area (Å²) in [5.41, 5.74) is 0. The molecular weight excluding hydrogens is 140 g/mol. The normalized spacial score (nSPS) is 16.1. The van der Waals surface area contributed by atoms with Crippen LogP contribution in [0.2, 0.25) is 0 Å². The zero-order valence-electron chi connectivity index (χ0n) is 7.02. The van der Waals surface area contributed by atoms with Crippen LogP contribution in [-0.4, -0.2) is 19.1 Å². The lowest BCUT2D eigenvalue weighted by atomic mass is 10.4. The van der Waals surface area contributed by atoms with Gasteiger partial charge in [-0.25, -0.2) is 4.79 Å². The average Bonchev–Trinajstić information content (AvgIpc) is 2.80. The summed E-state index contributed by atoms with van der Waals surface area (Å²) in [5, 5.41) is 5.59. The number of amides is 2. The summed E-state index contributed by atoms with van der Waals surface area (Å²) in [6.45, 7) is 3.67. The van der Waals surface area contributed by atoms with Gasteiger partial charge in [0.25, 0.3) is 0 Å². The summed E-state index contributed by atoms with van der Waals surface area (Å²) in [4.78, 5) is 10.9. The maximum absolute atomic E-state index is 10.9. The third-order valence-corrected chi connectivity index (χ3v) is 1.78. The van der Waals surface area contributed by atoms with E-state index in [9.17, 15) is 4.79 Å². The summed E-state index contributed by atoms with van der Waals surface area (Å²) in [6, 6.07) is -0.0150. The summed E-state index contributed by atoms with van der Waals surface area (Å²) >= 11 is 0. The van der Waals surface area contributed by atoms with Crippen LogP contribution in [0.15, 0.2) is 0 Å². The van der Waals surface area contributed by atoms with Gasteiger partial charge >= 0.3 is 6.03 Å². The lowest BCUT2D eigenvalue weighted by Gasteiger charge is -2.04. The Morgan fingerprint density at radius 2 is 2.18 bits per heavy atom. The Labute approximate surface area is 67.5 Å². The third kappa shape index (κ3) is 3.86. The predicted octanol–water partition coefficient (Wildman–Crippen LogP) is 1.11. The summed E-state index contributed by atoms with van der Waals surface area (Å²) in [5.74, 6) is 0.766. The van der Waals surface area contributed by atoms with Crippen LogP contribution in [-0.2, 0) is 0 Å². The van der Waals surface area contributed by atoms with Crippen molar-refractivity contribution in [1.29, 1.82) is 0 Å². The second kappa shape index (κ2) is 4.21. The van der Waals surface area contributed by atoms with Crippen molar-refractivity contribution >= 4 is 6.03 Å². The van der Waals surface area contributed by atoms with E-state index in [1.807, 2.05) is 6.92 Å². The summed E-state index contributed by atoms with van der Waals surface area (Å²) in [6.07, 6.45) is 3.57. The fourth-order valence-electron chi connectivity index (χ4n) is 0.860. The Morgan fingerprint density at radius 1 is 1.45 bits per heavy atom. The molecular formula is C8H16N2O. The van der Waals surface area contributed by atoms with Crippen LogP contribution in [0.3, 0.4) is 0 Å². The van der Waals surface area contributed by atoms with Gasteiger partial charge in [-0.05, 0) is 25.2 Å². The van der Waals surface area contributed by atoms with Crippen LogP contribution >= 0.6 is 0 Å². The Hall–Kier alpha value is -0.730. The van der Waals surface area contributed by atoms with Crippen LogP contribution < -0.4 is 10.6 Å². The minimum Gasteiger partial charge on any atom is -0.338 e. The van der Waals surface area contributed by atoms with Crippen LogP contribution in [0.1, 0.15) is 26.2 Å². The first-order valence-corrected chi connectivity index (χ1v) is 4.34. The van der Waals surface area contributed by atoms with Gasteiger partial charge in [0.2, 0.25) is 0 Å². The Bertz CT molecular complexity index is 132. The molecule has 64 valence electrons. The molecule has 0 bridgehead atoms. The molecule has 0 spiro atoms. The van der Waals surface area contributed by atoms with E-state index in [0.717, 1.165) is 25.4 Å². The van der Waals surface area contributed by atoms with Crippen LogP contribution in [0.5, 0.6) is 0 Å². The van der Waals surface area contributed by atoms with E-state index < -0.39 is 0 Å². The minimum atomic E-state index is -0.0150. The third-order valence-electron chi connectivity index (χ3n) is 1.78. The zero-order chi connectivity index (χ0) is 8.10. The molecule has 1 rings (SSSR count). The van der Waals surface area contributed by atoms with Crippen molar-refractivity contribution in [3.8, 4) is 0 Å². The molecule has 0 unspecified atom stereocenters. The van der Waals surface area contributed by atoms with Gasteiger partial charge in [0.1, 0.15) is 0 Å². The van der Waals surface area contributed by atoms with Crippen LogP contribution in [0.4, 0.5) is 4.79 Å². The van der Waals surface area contributed by atoms with Crippen molar-refractivity contribution in [1.82, 2.24) is 10.6 Å². The van der Waals surface area contributed by atoms with Gasteiger partial charge in [-0.1, -0.05) is 6.92 Å². The average molecular weight is 156 g/mol. The molecule has 0 heterocycles. The molecule has 3 heteroatoms. The number of carbonyl (C=O) groups is 1. The fraction of sp³-hybridized carbons (Fsp3) is 0.875. The molecule has 0 atom stereocenters. The topological polar surface area (TPSA) is 41.1 Å². The first-order valence-electron chi connectivity index (χ1n) is 4.34. The molecule has 1 fully saturated rings. The first kappa shape index (κ1) is 8.37. The van der Waals surface area contributed by atoms with Gasteiger partial charge in [0, 0.05) is 13.1 Å². The van der Waals surface area contributed by atoms with Crippen molar-refractivity contribution in [2.45, 2.75) is 26.2 Å². The highest BCUT2D eigenvalue weighted by Crippen LogP contribution is 2.27. The van der Waals surface area contributed by atoms with Gasteiger partial charge in [-0.15, -0.1) is 0 Å². The molecule has 0 aromatic heterocycles. The number of nitrogens with one attached hydrogen (secondary N) is 2. The van der Waals surface area contributed by atoms with Crippen molar-refractivity contribution in [2.75, 3.05) is 13.1 Å². The maximum Gasteiger partial charge on any atom is 0.314 e. The number of urea groups is 1. The predicted molar refractivity (Wildman–Crippen MR) is 44.4 cm³/mol. The highest BCUT2D eigenvalue weighted by molar-refractivity contribution is 5.73. The van der Waals surface area contributed by atoms with E-state index in [1.165, 1.54) is 12.8 Å². The van der Waals surface area contributed by atoms with Crippen molar-refractivity contribution in [2.24, 2.45) is 5.92 Å². The van der Waals surface area contributed by atoms with Gasteiger partial charge < -0.3 is 10.6 Å². The molecule has 0 aromatic carbocycles. The molecule has 3 nitrogen and oxygen atoms in total. The fourth-order valence-corrected chi connectivity index (χ4v) is 0.860. The van der Waals surface area contributed by atoms with Crippen LogP contribution in [0.25, 0.3) is 0 Å². The monoisotopic (exact) mass is 156 g/mol. The van der Waals surface area contributed by atoms with E-state index in [0.29, 0.717) is 0 Å². The summed E-state index contributed by atoms with van der Waals surface area (Å²) in [7, 11) is 0. The molecule has 0 aromatic rings.